The van der Waals surface area contributed by atoms with E-state index in [1.54, 1.807) is 72.8 Å². The summed E-state index contributed by atoms with van der Waals surface area (Å²) >= 11 is 0. The molecular formula is C33H38N2O7. The van der Waals surface area contributed by atoms with Gasteiger partial charge in [-0.15, -0.1) is 0 Å². The SMILES string of the molecule is CCCCOc1ccc(C2C(C(=O)Nc3ccccc3OC)C(=O)CC(C)(O)C2C(=O)Nc2ccccc2OC)cc1. The van der Waals surface area contributed by atoms with Crippen LogP contribution in [0, 0.1) is 11.8 Å². The van der Waals surface area contributed by atoms with Crippen molar-refractivity contribution >= 4 is 29.0 Å². The molecule has 3 aromatic rings. The zero-order valence-electron chi connectivity index (χ0n) is 24.4. The average Bonchev–Trinajstić information content (AvgIpc) is 2.97. The Morgan fingerprint density at radius 3 is 1.98 bits per heavy atom. The first-order valence-corrected chi connectivity index (χ1v) is 14.1. The topological polar surface area (TPSA) is 123 Å². The fourth-order valence-corrected chi connectivity index (χ4v) is 5.53. The van der Waals surface area contributed by atoms with Gasteiger partial charge in [0.25, 0.3) is 0 Å². The fraction of sp³-hybridized carbons (Fsp3) is 0.364. The molecule has 4 unspecified atom stereocenters. The number of nitrogens with one attached hydrogen (secondary N) is 2. The third kappa shape index (κ3) is 6.74. The largest absolute Gasteiger partial charge is 0.495 e. The maximum atomic E-state index is 14.0. The quantitative estimate of drug-likeness (QED) is 0.212. The molecule has 222 valence electrons. The van der Waals surface area contributed by atoms with Gasteiger partial charge in [0.2, 0.25) is 11.8 Å². The molecule has 1 saturated carbocycles. The van der Waals surface area contributed by atoms with Crippen molar-refractivity contribution in [2.24, 2.45) is 11.8 Å². The van der Waals surface area contributed by atoms with Crippen LogP contribution >= 0.6 is 0 Å². The van der Waals surface area contributed by atoms with Gasteiger partial charge in [-0.1, -0.05) is 49.7 Å². The molecule has 3 aromatic carbocycles. The van der Waals surface area contributed by atoms with E-state index < -0.39 is 41.0 Å². The lowest BCUT2D eigenvalue weighted by Gasteiger charge is -2.44. The van der Waals surface area contributed by atoms with Crippen LogP contribution in [0.25, 0.3) is 0 Å². The van der Waals surface area contributed by atoms with Crippen molar-refractivity contribution in [3.05, 3.63) is 78.4 Å². The Morgan fingerprint density at radius 2 is 1.43 bits per heavy atom. The predicted octanol–water partition coefficient (Wildman–Crippen LogP) is 5.20. The molecule has 1 aliphatic rings. The molecule has 42 heavy (non-hydrogen) atoms. The summed E-state index contributed by atoms with van der Waals surface area (Å²) in [5, 5.41) is 17.3. The van der Waals surface area contributed by atoms with Crippen LogP contribution in [0.5, 0.6) is 17.2 Å². The van der Waals surface area contributed by atoms with Crippen LogP contribution in [0.4, 0.5) is 11.4 Å². The van der Waals surface area contributed by atoms with Gasteiger partial charge in [-0.3, -0.25) is 14.4 Å². The van der Waals surface area contributed by atoms with Gasteiger partial charge in [-0.05, 0) is 55.3 Å². The minimum Gasteiger partial charge on any atom is -0.495 e. The van der Waals surface area contributed by atoms with Crippen LogP contribution in [-0.4, -0.2) is 49.1 Å². The minimum absolute atomic E-state index is 0.379. The Kier molecular flexibility index (Phi) is 9.85. The molecule has 0 aliphatic heterocycles. The molecule has 0 aromatic heterocycles. The highest BCUT2D eigenvalue weighted by molar-refractivity contribution is 6.11. The van der Waals surface area contributed by atoms with E-state index in [9.17, 15) is 19.5 Å². The summed E-state index contributed by atoms with van der Waals surface area (Å²) in [5.74, 6) is -3.53. The Bertz CT molecular complexity index is 1400. The van der Waals surface area contributed by atoms with Crippen LogP contribution in [0.15, 0.2) is 72.8 Å². The van der Waals surface area contributed by atoms with E-state index in [0.717, 1.165) is 12.8 Å². The molecular weight excluding hydrogens is 536 g/mol. The molecule has 0 heterocycles. The number of carbonyl (C=O) groups is 3. The first kappa shape index (κ1) is 30.6. The van der Waals surface area contributed by atoms with Crippen molar-refractivity contribution in [1.29, 1.82) is 0 Å². The van der Waals surface area contributed by atoms with E-state index in [1.807, 2.05) is 0 Å². The summed E-state index contributed by atoms with van der Waals surface area (Å²) < 4.78 is 16.6. The highest BCUT2D eigenvalue weighted by atomic mass is 16.5. The highest BCUT2D eigenvalue weighted by Crippen LogP contribution is 2.47. The number of unbranched alkanes of at least 4 members (excludes halogenated alkanes) is 1. The summed E-state index contributed by atoms with van der Waals surface area (Å²) in [4.78, 5) is 41.5. The summed E-state index contributed by atoms with van der Waals surface area (Å²) in [5.41, 5.74) is -0.396. The van der Waals surface area contributed by atoms with Gasteiger partial charge in [0.15, 0.2) is 0 Å². The number of amides is 2. The molecule has 1 fully saturated rings. The van der Waals surface area contributed by atoms with E-state index in [2.05, 4.69) is 17.6 Å². The lowest BCUT2D eigenvalue weighted by atomic mass is 9.61. The number of benzene rings is 3. The Hall–Kier alpha value is -4.37. The molecule has 9 heteroatoms. The molecule has 0 bridgehead atoms. The van der Waals surface area contributed by atoms with Crippen LogP contribution < -0.4 is 24.8 Å². The van der Waals surface area contributed by atoms with Crippen molar-refractivity contribution in [3.63, 3.8) is 0 Å². The highest BCUT2D eigenvalue weighted by Gasteiger charge is 2.56. The molecule has 0 radical (unpaired) electrons. The second-order valence-electron chi connectivity index (χ2n) is 10.6. The number of methoxy groups -OCH3 is 2. The Balaban J connectivity index is 1.76. The summed E-state index contributed by atoms with van der Waals surface area (Å²) in [7, 11) is 2.98. The van der Waals surface area contributed by atoms with Gasteiger partial charge in [0.1, 0.15) is 28.9 Å². The number of ether oxygens (including phenoxy) is 3. The van der Waals surface area contributed by atoms with Gasteiger partial charge in [0.05, 0.1) is 43.7 Å². The Labute approximate surface area is 246 Å². The van der Waals surface area contributed by atoms with Crippen LogP contribution in [-0.2, 0) is 14.4 Å². The van der Waals surface area contributed by atoms with Crippen LogP contribution in [0.1, 0.15) is 44.6 Å². The standard InChI is InChI=1S/C33H38N2O7/c1-5-6-19-42-22-17-15-21(16-18-22)28-29(31(37)34-23-11-7-9-13-26(23)40-3)25(36)20-33(2,39)30(28)32(38)35-24-12-8-10-14-27(24)41-4/h7-18,28-30,39H,5-6,19-20H2,1-4H3,(H,34,37)(H,35,38). The molecule has 4 atom stereocenters. The van der Waals surface area contributed by atoms with Crippen molar-refractivity contribution < 1.29 is 33.7 Å². The number of para-hydroxylation sites is 4. The van der Waals surface area contributed by atoms with Gasteiger partial charge in [0, 0.05) is 12.3 Å². The van der Waals surface area contributed by atoms with Gasteiger partial charge < -0.3 is 30.0 Å². The van der Waals surface area contributed by atoms with E-state index in [-0.39, 0.29) is 6.42 Å². The third-order valence-corrected chi connectivity index (χ3v) is 7.59. The van der Waals surface area contributed by atoms with E-state index in [1.165, 1.54) is 21.1 Å². The molecule has 9 nitrogen and oxygen atoms in total. The third-order valence-electron chi connectivity index (χ3n) is 7.59. The van der Waals surface area contributed by atoms with Gasteiger partial charge >= 0.3 is 0 Å². The lowest BCUT2D eigenvalue weighted by molar-refractivity contribution is -0.150. The number of hydrogen-bond acceptors (Lipinski definition) is 7. The Morgan fingerprint density at radius 1 is 0.881 bits per heavy atom. The maximum Gasteiger partial charge on any atom is 0.235 e. The number of hydrogen-bond donors (Lipinski definition) is 3. The molecule has 0 saturated heterocycles. The van der Waals surface area contributed by atoms with E-state index in [4.69, 9.17) is 14.2 Å². The lowest BCUT2D eigenvalue weighted by Crippen LogP contribution is -2.56. The smallest absolute Gasteiger partial charge is 0.235 e. The van der Waals surface area contributed by atoms with Crippen LogP contribution in [0.2, 0.25) is 0 Å². The molecule has 2 amide bonds. The number of ketones is 1. The zero-order valence-corrected chi connectivity index (χ0v) is 24.4. The van der Waals surface area contributed by atoms with Crippen molar-refractivity contribution in [1.82, 2.24) is 0 Å². The number of aliphatic hydroxyl groups is 1. The van der Waals surface area contributed by atoms with E-state index >= 15 is 0 Å². The average molecular weight is 575 g/mol. The molecule has 3 N–H and O–H groups in total. The van der Waals surface area contributed by atoms with E-state index in [0.29, 0.717) is 40.8 Å². The maximum absolute atomic E-state index is 14.0. The van der Waals surface area contributed by atoms with Gasteiger partial charge in [-0.2, -0.15) is 0 Å². The first-order chi connectivity index (χ1) is 20.2. The second-order valence-corrected chi connectivity index (χ2v) is 10.6. The predicted molar refractivity (Wildman–Crippen MR) is 160 cm³/mol. The normalized spacial score (nSPS) is 21.7. The number of Topliss-reactive ketones (excluding diaryl/α,β-unsaturated/α-hetero) is 1. The fourth-order valence-electron chi connectivity index (χ4n) is 5.53. The monoisotopic (exact) mass is 574 g/mol. The first-order valence-electron chi connectivity index (χ1n) is 14.1. The van der Waals surface area contributed by atoms with Crippen LogP contribution in [0.3, 0.4) is 0 Å². The number of rotatable bonds is 11. The summed E-state index contributed by atoms with van der Waals surface area (Å²) in [6.07, 6.45) is 1.51. The van der Waals surface area contributed by atoms with Crippen molar-refractivity contribution in [2.45, 2.75) is 44.6 Å². The second kappa shape index (κ2) is 13.5. The van der Waals surface area contributed by atoms with Crippen molar-refractivity contribution in [2.75, 3.05) is 31.5 Å². The summed E-state index contributed by atoms with van der Waals surface area (Å²) in [6.45, 7) is 4.09. The molecule has 4 rings (SSSR count). The molecule has 0 spiro atoms. The van der Waals surface area contributed by atoms with Crippen molar-refractivity contribution in [3.8, 4) is 17.2 Å². The zero-order chi connectivity index (χ0) is 30.3. The number of carbonyl (C=O) groups excluding carboxylic acids is 3. The summed E-state index contributed by atoms with van der Waals surface area (Å²) in [6, 6.07) is 20.8. The minimum atomic E-state index is -1.74. The molecule has 1 aliphatic carbocycles. The number of anilines is 2. The van der Waals surface area contributed by atoms with Gasteiger partial charge in [-0.25, -0.2) is 0 Å².